The van der Waals surface area contributed by atoms with Crippen molar-refractivity contribution in [2.45, 2.75) is 4.90 Å². The van der Waals surface area contributed by atoms with Gasteiger partial charge in [0.25, 0.3) is 0 Å². The number of hydrogen-bond donors (Lipinski definition) is 1. The van der Waals surface area contributed by atoms with Gasteiger partial charge in [0.2, 0.25) is 10.0 Å². The number of benzene rings is 2. The van der Waals surface area contributed by atoms with Crippen molar-refractivity contribution in [3.8, 4) is 17.4 Å². The van der Waals surface area contributed by atoms with E-state index in [0.717, 1.165) is 11.0 Å². The quantitative estimate of drug-likeness (QED) is 0.522. The molecule has 4 aromatic rings. The first-order chi connectivity index (χ1) is 13.9. The lowest BCUT2D eigenvalue weighted by atomic mass is 10.2. The highest BCUT2D eigenvalue weighted by atomic mass is 32.2. The Labute approximate surface area is 167 Å². The second-order valence-electron chi connectivity index (χ2n) is 6.42. The average molecular weight is 404 g/mol. The largest absolute Gasteiger partial charge is 0.457 e. The zero-order valence-electron chi connectivity index (χ0n) is 15.4. The number of hydrogen-bond acceptors (Lipinski definition) is 5. The second kappa shape index (κ2) is 7.05. The summed E-state index contributed by atoms with van der Waals surface area (Å²) in [5, 5.41) is 14.8. The van der Waals surface area contributed by atoms with Gasteiger partial charge in [-0.3, -0.25) is 0 Å². The molecule has 0 atom stereocenters. The summed E-state index contributed by atoms with van der Waals surface area (Å²) in [5.41, 5.74) is 2.80. The molecule has 4 rings (SSSR count). The molecular formula is C21H16N4O3S. The molecule has 0 aliphatic rings. The number of para-hydroxylation sites is 2. The maximum Gasteiger partial charge on any atom is 0.238 e. The summed E-state index contributed by atoms with van der Waals surface area (Å²) in [6.07, 6.45) is 1.63. The van der Waals surface area contributed by atoms with E-state index in [-0.39, 0.29) is 4.90 Å². The first-order valence-electron chi connectivity index (χ1n) is 8.63. The third kappa shape index (κ3) is 3.57. The number of sulfonamides is 1. The minimum absolute atomic E-state index is 0.0292. The van der Waals surface area contributed by atoms with Crippen LogP contribution in [0.15, 0.2) is 70.0 Å². The Bertz CT molecular complexity index is 1390. The van der Waals surface area contributed by atoms with E-state index in [1.165, 1.54) is 12.1 Å². The molecule has 0 saturated carbocycles. The van der Waals surface area contributed by atoms with E-state index >= 15 is 0 Å². The van der Waals surface area contributed by atoms with Crippen LogP contribution in [-0.2, 0) is 17.1 Å². The number of rotatable bonds is 4. The van der Waals surface area contributed by atoms with Gasteiger partial charge in [0.1, 0.15) is 17.6 Å². The fourth-order valence-corrected chi connectivity index (χ4v) is 3.59. The lowest BCUT2D eigenvalue weighted by Crippen LogP contribution is -2.11. The summed E-state index contributed by atoms with van der Waals surface area (Å²) in [5.74, 6) is 1.57. The molecule has 0 aliphatic carbocycles. The van der Waals surface area contributed by atoms with Crippen LogP contribution in [0, 0.1) is 11.3 Å². The van der Waals surface area contributed by atoms with Crippen LogP contribution in [0.3, 0.4) is 0 Å². The van der Waals surface area contributed by atoms with E-state index in [2.05, 4.69) is 11.1 Å². The molecular weight excluding hydrogens is 388 g/mol. The number of aryl methyl sites for hydroxylation is 1. The average Bonchev–Trinajstić information content (AvgIpc) is 3.31. The lowest BCUT2D eigenvalue weighted by molar-refractivity contribution is 0.571. The van der Waals surface area contributed by atoms with E-state index in [4.69, 9.17) is 9.56 Å². The van der Waals surface area contributed by atoms with Gasteiger partial charge >= 0.3 is 0 Å². The number of aromatic nitrogens is 2. The zero-order valence-corrected chi connectivity index (χ0v) is 16.2. The molecule has 0 spiro atoms. The third-order valence-electron chi connectivity index (χ3n) is 4.53. The molecule has 7 nitrogen and oxygen atoms in total. The van der Waals surface area contributed by atoms with Crippen molar-refractivity contribution in [1.29, 1.82) is 5.26 Å². The molecule has 0 fully saturated rings. The molecule has 0 bridgehead atoms. The van der Waals surface area contributed by atoms with Crippen molar-refractivity contribution in [2.75, 3.05) is 0 Å². The molecule has 8 heteroatoms. The van der Waals surface area contributed by atoms with Gasteiger partial charge in [-0.15, -0.1) is 0 Å². The first kappa shape index (κ1) is 18.7. The first-order valence-corrected chi connectivity index (χ1v) is 10.2. The van der Waals surface area contributed by atoms with Gasteiger partial charge < -0.3 is 8.98 Å². The number of fused-ring (bicyclic) bond motifs is 1. The van der Waals surface area contributed by atoms with E-state index in [9.17, 15) is 13.7 Å². The summed E-state index contributed by atoms with van der Waals surface area (Å²) in [6, 6.07) is 19.4. The van der Waals surface area contributed by atoms with E-state index < -0.39 is 10.0 Å². The smallest absolute Gasteiger partial charge is 0.238 e. The van der Waals surface area contributed by atoms with Gasteiger partial charge in [0.15, 0.2) is 5.82 Å². The Morgan fingerprint density at radius 2 is 1.86 bits per heavy atom. The molecule has 2 heterocycles. The normalized spacial score (nSPS) is 12.2. The zero-order chi connectivity index (χ0) is 20.6. The number of nitrogens with zero attached hydrogens (tertiary/aromatic N) is 3. The molecule has 0 unspecified atom stereocenters. The monoisotopic (exact) mass is 404 g/mol. The molecule has 2 N–H and O–H groups in total. The van der Waals surface area contributed by atoms with Crippen LogP contribution in [0.5, 0.6) is 0 Å². The number of nitriles is 1. The summed E-state index contributed by atoms with van der Waals surface area (Å²) >= 11 is 0. The van der Waals surface area contributed by atoms with Crippen molar-refractivity contribution in [1.82, 2.24) is 9.55 Å². The molecule has 2 aromatic heterocycles. The molecule has 0 saturated heterocycles. The second-order valence-corrected chi connectivity index (χ2v) is 7.99. The highest BCUT2D eigenvalue weighted by Gasteiger charge is 2.13. The molecule has 29 heavy (non-hydrogen) atoms. The highest BCUT2D eigenvalue weighted by Crippen LogP contribution is 2.27. The summed E-state index contributed by atoms with van der Waals surface area (Å²) in [7, 11) is -1.89. The van der Waals surface area contributed by atoms with Gasteiger partial charge in [-0.2, -0.15) is 5.26 Å². The molecule has 0 amide bonds. The van der Waals surface area contributed by atoms with E-state index in [1.807, 2.05) is 35.9 Å². The summed E-state index contributed by atoms with van der Waals surface area (Å²) in [6.45, 7) is 0. The topological polar surface area (TPSA) is 115 Å². The molecule has 144 valence electrons. The van der Waals surface area contributed by atoms with Gasteiger partial charge in [-0.25, -0.2) is 18.5 Å². The fourth-order valence-electron chi connectivity index (χ4n) is 3.07. The standard InChI is InChI=1S/C21H16N4O3S/c1-25-19-5-3-2-4-18(19)24-21(25)15(13-22)12-16-8-11-20(28-16)14-6-9-17(10-7-14)29(23,26)27/h2-12H,1H3,(H2,23,26,27). The van der Waals surface area contributed by atoms with Crippen LogP contribution in [0.4, 0.5) is 0 Å². The minimum Gasteiger partial charge on any atom is -0.457 e. The van der Waals surface area contributed by atoms with Crippen LogP contribution in [0.25, 0.3) is 34.0 Å². The number of imidazole rings is 1. The van der Waals surface area contributed by atoms with Gasteiger partial charge in [0, 0.05) is 18.7 Å². The van der Waals surface area contributed by atoms with Crippen LogP contribution < -0.4 is 5.14 Å². The Balaban J connectivity index is 1.69. The van der Waals surface area contributed by atoms with Gasteiger partial charge in [0.05, 0.1) is 21.5 Å². The maximum absolute atomic E-state index is 11.4. The SMILES string of the molecule is Cn1c(C(C#N)=Cc2ccc(-c3ccc(S(N)(=O)=O)cc3)o2)nc2ccccc21. The van der Waals surface area contributed by atoms with Gasteiger partial charge in [-0.1, -0.05) is 12.1 Å². The Morgan fingerprint density at radius 1 is 1.14 bits per heavy atom. The molecule has 2 aromatic carbocycles. The number of allylic oxidation sites excluding steroid dienone is 1. The molecule has 0 radical (unpaired) electrons. The van der Waals surface area contributed by atoms with Crippen LogP contribution in [0.1, 0.15) is 11.6 Å². The van der Waals surface area contributed by atoms with Crippen LogP contribution >= 0.6 is 0 Å². The van der Waals surface area contributed by atoms with E-state index in [0.29, 0.717) is 28.5 Å². The summed E-state index contributed by atoms with van der Waals surface area (Å²) < 4.78 is 30.4. The number of nitrogens with two attached hydrogens (primary N) is 1. The minimum atomic E-state index is -3.75. The van der Waals surface area contributed by atoms with Crippen molar-refractivity contribution in [3.05, 3.63) is 72.2 Å². The van der Waals surface area contributed by atoms with Crippen molar-refractivity contribution in [2.24, 2.45) is 12.2 Å². The van der Waals surface area contributed by atoms with Crippen LogP contribution in [0.2, 0.25) is 0 Å². The van der Waals surface area contributed by atoms with Crippen molar-refractivity contribution >= 4 is 32.7 Å². The van der Waals surface area contributed by atoms with Crippen molar-refractivity contribution in [3.63, 3.8) is 0 Å². The van der Waals surface area contributed by atoms with Gasteiger partial charge in [-0.05, 0) is 48.5 Å². The highest BCUT2D eigenvalue weighted by molar-refractivity contribution is 7.89. The predicted molar refractivity (Wildman–Crippen MR) is 110 cm³/mol. The number of primary sulfonamides is 1. The third-order valence-corrected chi connectivity index (χ3v) is 5.46. The number of furan rings is 1. The molecule has 0 aliphatic heterocycles. The Kier molecular flexibility index (Phi) is 4.54. The fraction of sp³-hybridized carbons (Fsp3) is 0.0476. The Hall–Kier alpha value is -3.67. The Morgan fingerprint density at radius 3 is 2.52 bits per heavy atom. The van der Waals surface area contributed by atoms with Crippen molar-refractivity contribution < 1.29 is 12.8 Å². The lowest BCUT2D eigenvalue weighted by Gasteiger charge is -2.01. The maximum atomic E-state index is 11.4. The van der Waals surface area contributed by atoms with E-state index in [1.54, 1.807) is 30.3 Å². The summed E-state index contributed by atoms with van der Waals surface area (Å²) in [4.78, 5) is 4.57. The predicted octanol–water partition coefficient (Wildman–Crippen LogP) is 3.54. The van der Waals surface area contributed by atoms with Crippen LogP contribution in [-0.4, -0.2) is 18.0 Å².